The van der Waals surface area contributed by atoms with E-state index in [1.807, 2.05) is 26.0 Å². The number of sulfone groups is 1. The first kappa shape index (κ1) is 12.0. The molecule has 0 aliphatic rings. The Balaban J connectivity index is 3.16. The lowest BCUT2D eigenvalue weighted by Gasteiger charge is -2.11. The quantitative estimate of drug-likeness (QED) is 0.737. The number of hydrogen-bond acceptors (Lipinski definition) is 2. The molecule has 1 rings (SSSR count). The van der Waals surface area contributed by atoms with Gasteiger partial charge in [-0.3, -0.25) is 0 Å². The summed E-state index contributed by atoms with van der Waals surface area (Å²) in [7, 11) is -3.24. The first-order chi connectivity index (χ1) is 7.02. The predicted octanol–water partition coefficient (Wildman–Crippen LogP) is 2.73. The molecule has 2 nitrogen and oxygen atoms in total. The highest BCUT2D eigenvalue weighted by molar-refractivity contribution is 7.92. The van der Waals surface area contributed by atoms with E-state index >= 15 is 0 Å². The molecule has 0 aliphatic carbocycles. The van der Waals surface area contributed by atoms with Crippen molar-refractivity contribution in [3.8, 4) is 0 Å². The summed E-state index contributed by atoms with van der Waals surface area (Å²) in [5.41, 5.74) is 1.06. The summed E-state index contributed by atoms with van der Waals surface area (Å²) in [4.78, 5) is 0.375. The minimum atomic E-state index is -3.24. The van der Waals surface area contributed by atoms with Gasteiger partial charge in [0.05, 0.1) is 10.1 Å². The predicted molar refractivity (Wildman–Crippen MR) is 62.6 cm³/mol. The van der Waals surface area contributed by atoms with Crippen LogP contribution < -0.4 is 0 Å². The van der Waals surface area contributed by atoms with Crippen molar-refractivity contribution in [2.75, 3.05) is 0 Å². The Morgan fingerprint density at radius 1 is 1.33 bits per heavy atom. The minimum absolute atomic E-state index is 0.375. The van der Waals surface area contributed by atoms with Crippen LogP contribution in [0.25, 0.3) is 0 Å². The van der Waals surface area contributed by atoms with E-state index in [4.69, 9.17) is 0 Å². The van der Waals surface area contributed by atoms with Gasteiger partial charge >= 0.3 is 0 Å². The zero-order valence-corrected chi connectivity index (χ0v) is 9.92. The second kappa shape index (κ2) is 4.62. The third-order valence-corrected chi connectivity index (χ3v) is 4.67. The van der Waals surface area contributed by atoms with E-state index in [2.05, 4.69) is 6.58 Å². The summed E-state index contributed by atoms with van der Waals surface area (Å²) in [5.74, 6) is 0. The third-order valence-electron chi connectivity index (χ3n) is 2.41. The molecule has 0 fully saturated rings. The summed E-state index contributed by atoms with van der Waals surface area (Å²) in [6.45, 7) is 7.34. The Morgan fingerprint density at radius 3 is 2.27 bits per heavy atom. The minimum Gasteiger partial charge on any atom is -0.223 e. The Hall–Kier alpha value is -1.09. The molecule has 0 saturated heterocycles. The fourth-order valence-corrected chi connectivity index (χ4v) is 2.97. The van der Waals surface area contributed by atoms with Crippen molar-refractivity contribution in [3.63, 3.8) is 0 Å². The number of rotatable bonds is 4. The van der Waals surface area contributed by atoms with Gasteiger partial charge in [0.25, 0.3) is 0 Å². The molecular weight excluding hydrogens is 208 g/mol. The Morgan fingerprint density at radius 2 is 1.87 bits per heavy atom. The zero-order chi connectivity index (χ0) is 11.5. The van der Waals surface area contributed by atoms with Gasteiger partial charge in [-0.05, 0) is 25.5 Å². The normalized spacial score (nSPS) is 13.5. The van der Waals surface area contributed by atoms with Crippen LogP contribution in [0.1, 0.15) is 18.9 Å². The van der Waals surface area contributed by atoms with Crippen molar-refractivity contribution in [2.24, 2.45) is 0 Å². The summed E-state index contributed by atoms with van der Waals surface area (Å²) in [6, 6.07) is 6.92. The monoisotopic (exact) mass is 224 g/mol. The van der Waals surface area contributed by atoms with Gasteiger partial charge in [0, 0.05) is 0 Å². The molecule has 0 amide bonds. The molecule has 1 unspecified atom stereocenters. The standard InChI is InChI=1S/C12H16O2S/c1-4-11(5-2)15(13,14)12-8-6-10(3)7-9-12/h4,6-9,11H,1,5H2,2-3H3. The molecule has 3 heteroatoms. The van der Waals surface area contributed by atoms with Crippen LogP contribution in [0, 0.1) is 6.92 Å². The number of benzene rings is 1. The molecule has 0 aromatic heterocycles. The van der Waals surface area contributed by atoms with Gasteiger partial charge in [-0.15, -0.1) is 6.58 Å². The lowest BCUT2D eigenvalue weighted by atomic mass is 10.2. The topological polar surface area (TPSA) is 34.1 Å². The van der Waals surface area contributed by atoms with Gasteiger partial charge in [-0.25, -0.2) is 8.42 Å². The lowest BCUT2D eigenvalue weighted by Crippen LogP contribution is -2.17. The Labute approximate surface area is 91.6 Å². The first-order valence-electron chi connectivity index (χ1n) is 4.95. The van der Waals surface area contributed by atoms with Crippen LogP contribution in [0.15, 0.2) is 41.8 Å². The van der Waals surface area contributed by atoms with E-state index in [0.29, 0.717) is 11.3 Å². The van der Waals surface area contributed by atoms with Crippen LogP contribution in [0.5, 0.6) is 0 Å². The molecular formula is C12H16O2S. The van der Waals surface area contributed by atoms with Gasteiger partial charge in [-0.1, -0.05) is 30.7 Å². The molecule has 1 aromatic rings. The van der Waals surface area contributed by atoms with E-state index in [9.17, 15) is 8.42 Å². The highest BCUT2D eigenvalue weighted by Gasteiger charge is 2.22. The van der Waals surface area contributed by atoms with Crippen LogP contribution in [0.3, 0.4) is 0 Å². The van der Waals surface area contributed by atoms with Crippen molar-refractivity contribution in [2.45, 2.75) is 30.4 Å². The van der Waals surface area contributed by atoms with Gasteiger partial charge in [0.1, 0.15) is 0 Å². The summed E-state index contributed by atoms with van der Waals surface area (Å²) in [6.07, 6.45) is 2.05. The maximum absolute atomic E-state index is 12.0. The fourth-order valence-electron chi connectivity index (χ4n) is 1.42. The molecule has 0 bridgehead atoms. The molecule has 0 radical (unpaired) electrons. The molecule has 0 heterocycles. The molecule has 0 aliphatic heterocycles. The SMILES string of the molecule is C=CC(CC)S(=O)(=O)c1ccc(C)cc1. The van der Waals surface area contributed by atoms with Crippen molar-refractivity contribution >= 4 is 9.84 Å². The summed E-state index contributed by atoms with van der Waals surface area (Å²) in [5, 5.41) is -0.486. The van der Waals surface area contributed by atoms with Gasteiger partial charge < -0.3 is 0 Å². The fraction of sp³-hybridized carbons (Fsp3) is 0.333. The lowest BCUT2D eigenvalue weighted by molar-refractivity contribution is 0.586. The Kier molecular flexibility index (Phi) is 3.69. The van der Waals surface area contributed by atoms with Gasteiger partial charge in [0.2, 0.25) is 0 Å². The first-order valence-corrected chi connectivity index (χ1v) is 6.50. The molecule has 1 atom stereocenters. The van der Waals surface area contributed by atoms with Crippen molar-refractivity contribution in [3.05, 3.63) is 42.5 Å². The summed E-state index contributed by atoms with van der Waals surface area (Å²) >= 11 is 0. The molecule has 1 aromatic carbocycles. The van der Waals surface area contributed by atoms with Crippen LogP contribution in [-0.2, 0) is 9.84 Å². The molecule has 0 spiro atoms. The highest BCUT2D eigenvalue weighted by Crippen LogP contribution is 2.19. The zero-order valence-electron chi connectivity index (χ0n) is 9.10. The smallest absolute Gasteiger partial charge is 0.184 e. The average molecular weight is 224 g/mol. The van der Waals surface area contributed by atoms with Gasteiger partial charge in [0.15, 0.2) is 9.84 Å². The molecule has 0 N–H and O–H groups in total. The van der Waals surface area contributed by atoms with Gasteiger partial charge in [-0.2, -0.15) is 0 Å². The van der Waals surface area contributed by atoms with Crippen LogP contribution in [0.2, 0.25) is 0 Å². The van der Waals surface area contributed by atoms with E-state index in [1.54, 1.807) is 12.1 Å². The second-order valence-corrected chi connectivity index (χ2v) is 5.71. The largest absolute Gasteiger partial charge is 0.223 e. The Bertz CT molecular complexity index is 429. The van der Waals surface area contributed by atoms with Crippen molar-refractivity contribution in [1.82, 2.24) is 0 Å². The van der Waals surface area contributed by atoms with Crippen molar-refractivity contribution < 1.29 is 8.42 Å². The average Bonchev–Trinajstić information content (AvgIpc) is 2.19. The second-order valence-electron chi connectivity index (χ2n) is 3.54. The molecule has 15 heavy (non-hydrogen) atoms. The number of hydrogen-bond donors (Lipinski definition) is 0. The van der Waals surface area contributed by atoms with Crippen LogP contribution >= 0.6 is 0 Å². The maximum Gasteiger partial charge on any atom is 0.184 e. The van der Waals surface area contributed by atoms with E-state index < -0.39 is 15.1 Å². The number of aryl methyl sites for hydroxylation is 1. The molecule has 82 valence electrons. The maximum atomic E-state index is 12.0. The third kappa shape index (κ3) is 2.48. The summed E-state index contributed by atoms with van der Waals surface area (Å²) < 4.78 is 24.1. The van der Waals surface area contributed by atoms with E-state index in [1.165, 1.54) is 6.08 Å². The highest BCUT2D eigenvalue weighted by atomic mass is 32.2. The van der Waals surface area contributed by atoms with Crippen molar-refractivity contribution in [1.29, 1.82) is 0 Å². The van der Waals surface area contributed by atoms with E-state index in [0.717, 1.165) is 5.56 Å². The van der Waals surface area contributed by atoms with Crippen LogP contribution in [0.4, 0.5) is 0 Å². The van der Waals surface area contributed by atoms with E-state index in [-0.39, 0.29) is 0 Å². The van der Waals surface area contributed by atoms with Crippen LogP contribution in [-0.4, -0.2) is 13.7 Å². The molecule has 0 saturated carbocycles.